The molecule has 8 nitrogen and oxygen atoms in total. The normalized spacial score (nSPS) is 18.7. The molecule has 11 atom stereocenters. The number of carbonyl (C=O) groups is 1. The van der Waals surface area contributed by atoms with Crippen LogP contribution in [-0.4, -0.2) is 82.0 Å². The van der Waals surface area contributed by atoms with E-state index in [1.165, 1.54) is 0 Å². The molecule has 12 heteroatoms. The molecule has 1 rings (SSSR count). The van der Waals surface area contributed by atoms with Crippen LogP contribution in [0.5, 0.6) is 5.75 Å². The van der Waals surface area contributed by atoms with Crippen molar-refractivity contribution in [1.29, 1.82) is 0 Å². The number of methoxy groups -OCH3 is 1. The number of allylic oxidation sites excluding steroid dienone is 4. The predicted octanol–water partition coefficient (Wildman–Crippen LogP) is 19.4. The zero-order chi connectivity index (χ0) is 59.9. The lowest BCUT2D eigenvalue weighted by Crippen LogP contribution is -2.48. The number of carboxylic acid groups (broad SMARTS) is 1. The van der Waals surface area contributed by atoms with Gasteiger partial charge in [-0.2, -0.15) is 0 Å². The van der Waals surface area contributed by atoms with E-state index >= 15 is 0 Å². The molecule has 0 radical (unpaired) electrons. The minimum absolute atomic E-state index is 0.0000519. The fourth-order valence-corrected chi connectivity index (χ4v) is 14.3. The molecule has 1 aromatic rings. The molecule has 0 spiro atoms. The first-order valence-corrected chi connectivity index (χ1v) is 41.0. The van der Waals surface area contributed by atoms with E-state index in [1.54, 1.807) is 20.1 Å². The van der Waals surface area contributed by atoms with Gasteiger partial charge in [-0.25, -0.2) is 4.79 Å². The van der Waals surface area contributed by atoms with Crippen LogP contribution in [0.3, 0.4) is 0 Å². The fraction of sp³-hybridized carbons (Fsp3) is 0.738. The van der Waals surface area contributed by atoms with Crippen LogP contribution in [0.15, 0.2) is 85.0 Å². The summed E-state index contributed by atoms with van der Waals surface area (Å²) in [5, 5.41) is 9.68. The molecule has 0 aliphatic heterocycles. The lowest BCUT2D eigenvalue weighted by Gasteiger charge is -2.44. The standard InChI is InChI=1S/C65H120O8Si4/c1-30-31-33-49(4)60(69-46-54-38-41-55(68-21)42-39-54)53(8)57(71-75(24,25)63(12,13)14)43-36-47(2)44-52(7)59(73-77(28,29)65(18,19)20)50(5)37-40-56(70-74(22,23)62(9,10)11)45-58(72-76(26,27)64(15,16)17)48(3)34-32-35-51(6)61(66)67/h30-35,37-42,47-50,52-53,56-60H,1,36,43-46H2,2-29H3,(H,66,67)/t47-,48+,49-,50-,52-,53-,56+,57-,58-,59-,60-/m0/s1. The molecule has 0 saturated carbocycles. The van der Waals surface area contributed by atoms with E-state index in [9.17, 15) is 9.90 Å². The number of aliphatic carboxylic acids is 1. The second kappa shape index (κ2) is 30.2. The summed E-state index contributed by atoms with van der Waals surface area (Å²) in [7, 11) is -7.19. The molecule has 0 amide bonds. The molecule has 1 aromatic carbocycles. The summed E-state index contributed by atoms with van der Waals surface area (Å²) in [5.74, 6) is 1.03. The highest BCUT2D eigenvalue weighted by Gasteiger charge is 2.45. The maximum Gasteiger partial charge on any atom is 0.331 e. The van der Waals surface area contributed by atoms with Crippen LogP contribution in [0.1, 0.15) is 163 Å². The van der Waals surface area contributed by atoms with Gasteiger partial charge in [0.25, 0.3) is 0 Å². The van der Waals surface area contributed by atoms with Crippen molar-refractivity contribution in [2.24, 2.45) is 35.5 Å². The first-order chi connectivity index (χ1) is 34.8. The molecule has 0 aliphatic carbocycles. The fourth-order valence-electron chi connectivity index (χ4n) is 8.70. The van der Waals surface area contributed by atoms with E-state index < -0.39 is 39.2 Å². The number of hydrogen-bond acceptors (Lipinski definition) is 7. The second-order valence-electron chi connectivity index (χ2n) is 29.3. The van der Waals surface area contributed by atoms with Crippen LogP contribution in [0.4, 0.5) is 0 Å². The third kappa shape index (κ3) is 23.7. The average molecular weight is 1140 g/mol. The van der Waals surface area contributed by atoms with Crippen molar-refractivity contribution in [2.45, 2.75) is 267 Å². The summed E-state index contributed by atoms with van der Waals surface area (Å²) in [4.78, 5) is 11.7. The predicted molar refractivity (Wildman–Crippen MR) is 342 cm³/mol. The molecule has 0 saturated heterocycles. The van der Waals surface area contributed by atoms with Crippen LogP contribution < -0.4 is 4.74 Å². The molecule has 0 aromatic heterocycles. The lowest BCUT2D eigenvalue weighted by molar-refractivity contribution is -0.132. The Balaban J connectivity index is 3.85. The quantitative estimate of drug-likeness (QED) is 0.0330. The zero-order valence-electron chi connectivity index (χ0n) is 54.8. The number of hydrogen-bond donors (Lipinski definition) is 1. The SMILES string of the molecule is C=CC=C[C@H](C)[C@H](OCc1ccc(OC)cc1)[C@@H](C)[C@H](CC[C@H](C)C[C@H](C)[C@@H](O[Si](C)(C)C(C)(C)C)[C@@H](C)C=C[C@H](C[C@H](O[Si](C)(C)C(C)(C)C)[C@H](C)C=CC=C(C)C(=O)O)O[Si](C)(C)C(C)(C)C)O[Si](C)(C)C(C)(C)C. The molecule has 0 heterocycles. The smallest absolute Gasteiger partial charge is 0.331 e. The number of carboxylic acids is 1. The van der Waals surface area contributed by atoms with E-state index in [2.05, 4.69) is 220 Å². The number of rotatable bonds is 32. The van der Waals surface area contributed by atoms with Gasteiger partial charge >= 0.3 is 5.97 Å². The Morgan fingerprint density at radius 2 is 1.04 bits per heavy atom. The topological polar surface area (TPSA) is 92.7 Å². The van der Waals surface area contributed by atoms with Crippen molar-refractivity contribution < 1.29 is 37.1 Å². The number of benzene rings is 1. The molecular weight excluding hydrogens is 1020 g/mol. The first-order valence-electron chi connectivity index (χ1n) is 29.4. The van der Waals surface area contributed by atoms with Crippen LogP contribution >= 0.6 is 0 Å². The van der Waals surface area contributed by atoms with E-state index in [1.807, 2.05) is 30.4 Å². The molecule has 0 bridgehead atoms. The van der Waals surface area contributed by atoms with E-state index in [4.69, 9.17) is 27.2 Å². The van der Waals surface area contributed by atoms with Crippen LogP contribution in [-0.2, 0) is 33.8 Å². The van der Waals surface area contributed by atoms with Crippen LogP contribution in [0, 0.1) is 35.5 Å². The maximum atomic E-state index is 11.7. The molecule has 1 N–H and O–H groups in total. The second-order valence-corrected chi connectivity index (χ2v) is 48.4. The van der Waals surface area contributed by atoms with E-state index in [0.717, 1.165) is 30.6 Å². The van der Waals surface area contributed by atoms with Crippen LogP contribution in [0.25, 0.3) is 0 Å². The highest BCUT2D eigenvalue weighted by Crippen LogP contribution is 2.44. The Bertz CT molecular complexity index is 2040. The summed E-state index contributed by atoms with van der Waals surface area (Å²) >= 11 is 0. The van der Waals surface area contributed by atoms with Gasteiger partial charge in [0.2, 0.25) is 0 Å². The van der Waals surface area contributed by atoms with Gasteiger partial charge in [-0.15, -0.1) is 0 Å². The summed E-state index contributed by atoms with van der Waals surface area (Å²) in [6.07, 6.45) is 19.8. The van der Waals surface area contributed by atoms with Gasteiger partial charge in [0, 0.05) is 23.8 Å². The highest BCUT2D eigenvalue weighted by molar-refractivity contribution is 6.75. The van der Waals surface area contributed by atoms with Crippen molar-refractivity contribution in [2.75, 3.05) is 7.11 Å². The van der Waals surface area contributed by atoms with E-state index in [0.29, 0.717) is 24.5 Å². The van der Waals surface area contributed by atoms with Crippen molar-refractivity contribution >= 4 is 39.2 Å². The Kier molecular flexibility index (Phi) is 28.6. The summed E-state index contributed by atoms with van der Waals surface area (Å²) < 4.78 is 42.2. The highest BCUT2D eigenvalue weighted by atomic mass is 28.4. The van der Waals surface area contributed by atoms with Gasteiger partial charge < -0.3 is 32.3 Å². The molecule has 0 aliphatic rings. The summed E-state index contributed by atoms with van der Waals surface area (Å²) in [6.45, 7) is 66.8. The van der Waals surface area contributed by atoms with Gasteiger partial charge in [-0.05, 0) is 140 Å². The van der Waals surface area contributed by atoms with Gasteiger partial charge in [0.15, 0.2) is 33.3 Å². The van der Waals surface area contributed by atoms with E-state index in [-0.39, 0.29) is 80.3 Å². The molecule has 0 fully saturated rings. The Hall–Kier alpha value is -2.14. The third-order valence-corrected chi connectivity index (χ3v) is 36.3. The molecule has 0 unspecified atom stereocenters. The average Bonchev–Trinajstić information content (AvgIpc) is 3.28. The van der Waals surface area contributed by atoms with Gasteiger partial charge in [0.05, 0.1) is 44.2 Å². The van der Waals surface area contributed by atoms with Gasteiger partial charge in [0.1, 0.15) is 5.75 Å². The molecular formula is C65H120O8Si4. The van der Waals surface area contributed by atoms with Crippen molar-refractivity contribution in [3.8, 4) is 5.75 Å². The third-order valence-electron chi connectivity index (χ3n) is 18.3. The Labute approximate surface area is 479 Å². The monoisotopic (exact) mass is 1140 g/mol. The maximum absolute atomic E-state index is 11.7. The minimum Gasteiger partial charge on any atom is -0.497 e. The first kappa shape index (κ1) is 72.9. The lowest BCUT2D eigenvalue weighted by atomic mass is 9.82. The minimum atomic E-state index is -2.26. The van der Waals surface area contributed by atoms with Crippen molar-refractivity contribution in [3.63, 3.8) is 0 Å². The van der Waals surface area contributed by atoms with Crippen molar-refractivity contribution in [1.82, 2.24) is 0 Å². The number of ether oxygens (including phenoxy) is 2. The zero-order valence-corrected chi connectivity index (χ0v) is 58.8. The van der Waals surface area contributed by atoms with Gasteiger partial charge in [-0.1, -0.05) is 192 Å². The largest absolute Gasteiger partial charge is 0.497 e. The molecule has 77 heavy (non-hydrogen) atoms. The van der Waals surface area contributed by atoms with Crippen LogP contribution in [0.2, 0.25) is 72.5 Å². The molecule has 444 valence electrons. The van der Waals surface area contributed by atoms with Gasteiger partial charge in [-0.3, -0.25) is 0 Å². The Morgan fingerprint density at radius 3 is 1.51 bits per heavy atom. The summed E-state index contributed by atoms with van der Waals surface area (Å²) in [6, 6.07) is 8.18. The Morgan fingerprint density at radius 1 is 0.584 bits per heavy atom. The summed E-state index contributed by atoms with van der Waals surface area (Å²) in [5.41, 5.74) is 1.42. The van der Waals surface area contributed by atoms with Crippen molar-refractivity contribution in [3.05, 3.63) is 90.6 Å².